The van der Waals surface area contributed by atoms with Crippen molar-refractivity contribution < 1.29 is 4.74 Å². The molecular weight excluding hydrogens is 379 g/mol. The molecule has 2 rings (SSSR count). The van der Waals surface area contributed by atoms with Crippen molar-refractivity contribution in [3.05, 3.63) is 0 Å². The van der Waals surface area contributed by atoms with Gasteiger partial charge < -0.3 is 20.3 Å². The molecule has 0 amide bonds. The number of likely N-dealkylation sites (tertiary alicyclic amines) is 1. The Morgan fingerprint density at radius 2 is 2.05 bits per heavy atom. The predicted molar refractivity (Wildman–Crippen MR) is 98.6 cm³/mol. The van der Waals surface area contributed by atoms with Crippen LogP contribution in [-0.4, -0.2) is 62.8 Å². The zero-order valence-electron chi connectivity index (χ0n) is 13.9. The van der Waals surface area contributed by atoms with Gasteiger partial charge in [-0.2, -0.15) is 0 Å². The first-order chi connectivity index (χ1) is 9.44. The van der Waals surface area contributed by atoms with Crippen molar-refractivity contribution in [3.63, 3.8) is 0 Å². The maximum atomic E-state index is 5.58. The number of ether oxygens (including phenoxy) is 1. The number of aliphatic imine (C=N–C) groups is 1. The van der Waals surface area contributed by atoms with E-state index in [0.29, 0.717) is 5.41 Å². The lowest BCUT2D eigenvalue weighted by molar-refractivity contribution is 0.156. The molecule has 2 aliphatic rings. The highest BCUT2D eigenvalue weighted by Gasteiger charge is 2.42. The third-order valence-electron chi connectivity index (χ3n) is 4.20. The van der Waals surface area contributed by atoms with E-state index >= 15 is 0 Å². The number of hydrogen-bond acceptors (Lipinski definition) is 3. The van der Waals surface area contributed by atoms with Crippen molar-refractivity contribution >= 4 is 29.9 Å². The molecule has 1 spiro atoms. The van der Waals surface area contributed by atoms with Gasteiger partial charge >= 0.3 is 0 Å². The van der Waals surface area contributed by atoms with Gasteiger partial charge in [0.25, 0.3) is 0 Å². The van der Waals surface area contributed by atoms with Crippen molar-refractivity contribution in [2.24, 2.45) is 10.4 Å². The molecule has 0 aromatic heterocycles. The second-order valence-corrected chi connectivity index (χ2v) is 7.12. The SMILES string of the molecule is CN=C(NCCNC(C)(C)C)N1CCC2(CCOC2)C1.I. The van der Waals surface area contributed by atoms with Gasteiger partial charge in [-0.25, -0.2) is 0 Å². The topological polar surface area (TPSA) is 48.9 Å². The van der Waals surface area contributed by atoms with Crippen molar-refractivity contribution in [2.45, 2.75) is 39.2 Å². The van der Waals surface area contributed by atoms with E-state index in [9.17, 15) is 0 Å². The summed E-state index contributed by atoms with van der Waals surface area (Å²) in [5.41, 5.74) is 0.561. The lowest BCUT2D eigenvalue weighted by Gasteiger charge is -2.26. The molecule has 0 aromatic rings. The number of hydrogen-bond donors (Lipinski definition) is 2. The van der Waals surface area contributed by atoms with Crippen LogP contribution < -0.4 is 10.6 Å². The van der Waals surface area contributed by atoms with Gasteiger partial charge in [-0.1, -0.05) is 0 Å². The van der Waals surface area contributed by atoms with Crippen molar-refractivity contribution in [1.82, 2.24) is 15.5 Å². The molecule has 2 saturated heterocycles. The van der Waals surface area contributed by atoms with E-state index in [2.05, 4.69) is 41.3 Å². The Kier molecular flexibility index (Phi) is 7.19. The maximum absolute atomic E-state index is 5.58. The van der Waals surface area contributed by atoms with Crippen molar-refractivity contribution in [2.75, 3.05) is 46.4 Å². The van der Waals surface area contributed by atoms with Crippen LogP contribution in [0.4, 0.5) is 0 Å². The molecule has 1 unspecified atom stereocenters. The third-order valence-corrected chi connectivity index (χ3v) is 4.20. The number of nitrogens with zero attached hydrogens (tertiary/aromatic N) is 2. The fourth-order valence-corrected chi connectivity index (χ4v) is 3.03. The van der Waals surface area contributed by atoms with E-state index < -0.39 is 0 Å². The summed E-state index contributed by atoms with van der Waals surface area (Å²) in [5, 5.41) is 6.95. The Morgan fingerprint density at radius 1 is 1.29 bits per heavy atom. The summed E-state index contributed by atoms with van der Waals surface area (Å²) >= 11 is 0. The quantitative estimate of drug-likeness (QED) is 0.322. The lowest BCUT2D eigenvalue weighted by Crippen LogP contribution is -2.46. The van der Waals surface area contributed by atoms with Crippen LogP contribution in [0.3, 0.4) is 0 Å². The molecule has 1 atom stereocenters. The smallest absolute Gasteiger partial charge is 0.193 e. The van der Waals surface area contributed by atoms with Crippen LogP contribution in [0, 0.1) is 5.41 Å². The van der Waals surface area contributed by atoms with Gasteiger partial charge in [-0.3, -0.25) is 4.99 Å². The average molecular weight is 410 g/mol. The van der Waals surface area contributed by atoms with Gasteiger partial charge in [0.2, 0.25) is 0 Å². The Hall–Kier alpha value is -0.0800. The normalized spacial score (nSPS) is 26.3. The molecule has 0 saturated carbocycles. The number of guanidine groups is 1. The van der Waals surface area contributed by atoms with Crippen LogP contribution in [0.15, 0.2) is 4.99 Å². The first kappa shape index (κ1) is 19.0. The van der Waals surface area contributed by atoms with Crippen molar-refractivity contribution in [3.8, 4) is 0 Å². The Morgan fingerprint density at radius 3 is 2.62 bits per heavy atom. The van der Waals surface area contributed by atoms with Gasteiger partial charge in [-0.15, -0.1) is 24.0 Å². The summed E-state index contributed by atoms with van der Waals surface area (Å²) in [6.45, 7) is 12.4. The van der Waals surface area contributed by atoms with Gasteiger partial charge in [0.05, 0.1) is 6.61 Å². The largest absolute Gasteiger partial charge is 0.381 e. The summed E-state index contributed by atoms with van der Waals surface area (Å²) in [6, 6.07) is 0. The highest BCUT2D eigenvalue weighted by Crippen LogP contribution is 2.37. The molecule has 21 heavy (non-hydrogen) atoms. The lowest BCUT2D eigenvalue weighted by atomic mass is 9.87. The van der Waals surface area contributed by atoms with Crippen LogP contribution in [0.5, 0.6) is 0 Å². The zero-order chi connectivity index (χ0) is 14.6. The summed E-state index contributed by atoms with van der Waals surface area (Å²) in [7, 11) is 1.87. The van der Waals surface area contributed by atoms with E-state index in [4.69, 9.17) is 4.74 Å². The second-order valence-electron chi connectivity index (χ2n) is 7.12. The highest BCUT2D eigenvalue weighted by molar-refractivity contribution is 14.0. The van der Waals surface area contributed by atoms with E-state index in [1.54, 1.807) is 0 Å². The molecule has 2 heterocycles. The van der Waals surface area contributed by atoms with Gasteiger partial charge in [-0.05, 0) is 33.6 Å². The molecule has 6 heteroatoms. The standard InChI is InChI=1S/C15H30N4O.HI/c1-14(2,3)18-8-7-17-13(16-4)19-9-5-15(11-19)6-10-20-12-15;/h18H,5-12H2,1-4H3,(H,16,17);1H. The summed E-state index contributed by atoms with van der Waals surface area (Å²) in [4.78, 5) is 6.80. The summed E-state index contributed by atoms with van der Waals surface area (Å²) in [6.07, 6.45) is 2.43. The minimum atomic E-state index is 0. The molecule has 0 bridgehead atoms. The van der Waals surface area contributed by atoms with E-state index in [-0.39, 0.29) is 29.5 Å². The Labute approximate surface area is 146 Å². The van der Waals surface area contributed by atoms with E-state index in [1.165, 1.54) is 12.8 Å². The molecule has 2 N–H and O–H groups in total. The first-order valence-corrected chi connectivity index (χ1v) is 7.73. The molecule has 0 aliphatic carbocycles. The predicted octanol–water partition coefficient (Wildman–Crippen LogP) is 1.68. The van der Waals surface area contributed by atoms with Crippen LogP contribution >= 0.6 is 24.0 Å². The molecule has 2 fully saturated rings. The van der Waals surface area contributed by atoms with Crippen LogP contribution in [-0.2, 0) is 4.74 Å². The Bertz CT molecular complexity index is 348. The van der Waals surface area contributed by atoms with Gasteiger partial charge in [0.1, 0.15) is 0 Å². The van der Waals surface area contributed by atoms with Crippen LogP contribution in [0.2, 0.25) is 0 Å². The molecule has 0 radical (unpaired) electrons. The Balaban J connectivity index is 0.00000220. The van der Waals surface area contributed by atoms with Gasteiger partial charge in [0.15, 0.2) is 5.96 Å². The molecule has 5 nitrogen and oxygen atoms in total. The fourth-order valence-electron chi connectivity index (χ4n) is 3.03. The molecule has 124 valence electrons. The van der Waals surface area contributed by atoms with E-state index in [0.717, 1.165) is 45.4 Å². The van der Waals surface area contributed by atoms with Gasteiger partial charge in [0, 0.05) is 50.8 Å². The number of nitrogens with one attached hydrogen (secondary N) is 2. The maximum Gasteiger partial charge on any atom is 0.193 e. The molecular formula is C15H31IN4O. The third kappa shape index (κ3) is 5.56. The molecule has 0 aromatic carbocycles. The van der Waals surface area contributed by atoms with Crippen LogP contribution in [0.25, 0.3) is 0 Å². The first-order valence-electron chi connectivity index (χ1n) is 7.73. The zero-order valence-corrected chi connectivity index (χ0v) is 16.2. The summed E-state index contributed by atoms with van der Waals surface area (Å²) in [5.74, 6) is 1.03. The average Bonchev–Trinajstić information content (AvgIpc) is 2.99. The second kappa shape index (κ2) is 7.97. The molecule has 2 aliphatic heterocycles. The fraction of sp³-hybridized carbons (Fsp3) is 0.933. The number of rotatable bonds is 3. The van der Waals surface area contributed by atoms with E-state index in [1.807, 2.05) is 7.05 Å². The monoisotopic (exact) mass is 410 g/mol. The van der Waals surface area contributed by atoms with Crippen LogP contribution in [0.1, 0.15) is 33.6 Å². The minimum Gasteiger partial charge on any atom is -0.381 e. The summed E-state index contributed by atoms with van der Waals surface area (Å²) < 4.78 is 5.58. The highest BCUT2D eigenvalue weighted by atomic mass is 127. The van der Waals surface area contributed by atoms with Crippen molar-refractivity contribution in [1.29, 1.82) is 0 Å². The number of halogens is 1. The minimum absolute atomic E-state index is 0.